The molecule has 1 aliphatic carbocycles. The number of hydrogen-bond acceptors (Lipinski definition) is 5. The maximum absolute atomic E-state index is 14.2. The molecule has 1 heterocycles. The number of hydrogen-bond donors (Lipinski definition) is 2. The standard InChI is InChI=1S/C31H33BFNO5/c1-30(2)31(3,4)39-32(38-30)22(14-20-13-21(18-35)16-23(33)15-20)17-34-29(36)37-19-28-26-11-7-5-9-24(26)25-10-6-8-12-27(25)28/h5-16,28,35H,17-19H2,1-4H3,(H,34,36). The lowest BCUT2D eigenvalue weighted by molar-refractivity contribution is 0.00578. The van der Waals surface area contributed by atoms with Gasteiger partial charge in [-0.05, 0) is 84.7 Å². The van der Waals surface area contributed by atoms with Crippen LogP contribution in [0.4, 0.5) is 9.18 Å². The molecular formula is C31H33BFNO5. The van der Waals surface area contributed by atoms with Crippen molar-refractivity contribution in [1.29, 1.82) is 0 Å². The van der Waals surface area contributed by atoms with Gasteiger partial charge in [0.05, 0.1) is 17.8 Å². The normalized spacial score (nSPS) is 17.6. The summed E-state index contributed by atoms with van der Waals surface area (Å²) in [6.07, 6.45) is 1.14. The predicted molar refractivity (Wildman–Crippen MR) is 149 cm³/mol. The number of carbonyl (C=O) groups excluding carboxylic acids is 1. The van der Waals surface area contributed by atoms with Gasteiger partial charge in [0.15, 0.2) is 0 Å². The minimum atomic E-state index is -0.760. The highest BCUT2D eigenvalue weighted by Gasteiger charge is 2.52. The van der Waals surface area contributed by atoms with Crippen LogP contribution in [-0.2, 0) is 20.7 Å². The molecule has 0 spiro atoms. The van der Waals surface area contributed by atoms with E-state index in [9.17, 15) is 14.3 Å². The van der Waals surface area contributed by atoms with Crippen molar-refractivity contribution in [1.82, 2.24) is 5.32 Å². The molecule has 0 saturated carbocycles. The van der Waals surface area contributed by atoms with Crippen molar-refractivity contribution in [2.45, 2.75) is 51.4 Å². The largest absolute Gasteiger partial charge is 0.492 e. The molecule has 1 aliphatic heterocycles. The van der Waals surface area contributed by atoms with Crippen molar-refractivity contribution >= 4 is 19.3 Å². The Morgan fingerprint density at radius 2 is 1.59 bits per heavy atom. The number of benzene rings is 3. The molecule has 0 radical (unpaired) electrons. The van der Waals surface area contributed by atoms with Crippen molar-refractivity contribution in [2.24, 2.45) is 0 Å². The van der Waals surface area contributed by atoms with Crippen molar-refractivity contribution in [3.05, 3.63) is 100 Å². The zero-order valence-electron chi connectivity index (χ0n) is 22.7. The highest BCUT2D eigenvalue weighted by Crippen LogP contribution is 2.44. The molecule has 6 nitrogen and oxygen atoms in total. The number of aliphatic hydroxyl groups is 1. The molecule has 0 aromatic heterocycles. The first kappa shape index (κ1) is 27.1. The first-order valence-corrected chi connectivity index (χ1v) is 13.1. The number of amides is 1. The third kappa shape index (κ3) is 5.50. The van der Waals surface area contributed by atoms with Gasteiger partial charge in [-0.25, -0.2) is 9.18 Å². The minimum absolute atomic E-state index is 0.0505. The third-order valence-corrected chi connectivity index (χ3v) is 7.85. The van der Waals surface area contributed by atoms with E-state index in [1.165, 1.54) is 12.1 Å². The van der Waals surface area contributed by atoms with Gasteiger partial charge in [0, 0.05) is 12.5 Å². The second-order valence-corrected chi connectivity index (χ2v) is 11.0. The van der Waals surface area contributed by atoms with Crippen LogP contribution in [0.3, 0.4) is 0 Å². The van der Waals surface area contributed by atoms with Crippen LogP contribution in [0.25, 0.3) is 17.2 Å². The molecule has 2 aliphatic rings. The fourth-order valence-corrected chi connectivity index (χ4v) is 5.08. The fraction of sp³-hybridized carbons (Fsp3) is 0.323. The smallest absolute Gasteiger partial charge is 0.449 e. The Hall–Kier alpha value is -3.46. The molecule has 8 heteroatoms. The highest BCUT2D eigenvalue weighted by atomic mass is 19.1. The lowest BCUT2D eigenvalue weighted by atomic mass is 9.77. The van der Waals surface area contributed by atoms with Crippen LogP contribution in [0.1, 0.15) is 55.9 Å². The van der Waals surface area contributed by atoms with Gasteiger partial charge in [-0.15, -0.1) is 0 Å². The maximum atomic E-state index is 14.2. The molecule has 1 saturated heterocycles. The molecule has 0 atom stereocenters. The molecule has 39 heavy (non-hydrogen) atoms. The highest BCUT2D eigenvalue weighted by molar-refractivity contribution is 6.56. The first-order chi connectivity index (χ1) is 18.6. The summed E-state index contributed by atoms with van der Waals surface area (Å²) in [5.74, 6) is -0.518. The molecule has 1 amide bonds. The van der Waals surface area contributed by atoms with Gasteiger partial charge in [-0.3, -0.25) is 0 Å². The van der Waals surface area contributed by atoms with Crippen LogP contribution in [0.15, 0.2) is 72.2 Å². The summed E-state index contributed by atoms with van der Waals surface area (Å²) in [7, 11) is -0.760. The van der Waals surface area contributed by atoms with Crippen molar-refractivity contribution in [2.75, 3.05) is 13.2 Å². The van der Waals surface area contributed by atoms with Crippen molar-refractivity contribution in [3.8, 4) is 11.1 Å². The van der Waals surface area contributed by atoms with Crippen LogP contribution in [-0.4, -0.2) is 42.7 Å². The van der Waals surface area contributed by atoms with Crippen molar-refractivity contribution in [3.63, 3.8) is 0 Å². The fourth-order valence-electron chi connectivity index (χ4n) is 5.08. The second kappa shape index (κ2) is 10.6. The predicted octanol–water partition coefficient (Wildman–Crippen LogP) is 5.87. The average Bonchev–Trinajstić information content (AvgIpc) is 3.33. The molecule has 1 fully saturated rings. The number of ether oxygens (including phenoxy) is 1. The summed E-state index contributed by atoms with van der Waals surface area (Å²) < 4.78 is 32.3. The molecule has 2 N–H and O–H groups in total. The Kier molecular flexibility index (Phi) is 7.38. The number of carbonyl (C=O) groups is 1. The Balaban J connectivity index is 1.32. The van der Waals surface area contributed by atoms with Crippen LogP contribution < -0.4 is 5.32 Å². The lowest BCUT2D eigenvalue weighted by Gasteiger charge is -2.32. The maximum Gasteiger partial charge on any atom is 0.492 e. The number of alkyl carbamates (subject to hydrolysis) is 1. The van der Waals surface area contributed by atoms with Crippen LogP contribution in [0, 0.1) is 5.82 Å². The summed E-state index contributed by atoms with van der Waals surface area (Å²) in [6, 6.07) is 20.6. The van der Waals surface area contributed by atoms with E-state index in [1.54, 1.807) is 12.1 Å². The van der Waals surface area contributed by atoms with Crippen LogP contribution in [0.5, 0.6) is 0 Å². The van der Waals surface area contributed by atoms with Crippen LogP contribution >= 0.6 is 0 Å². The number of aliphatic hydroxyl groups excluding tert-OH is 1. The van der Waals surface area contributed by atoms with Gasteiger partial charge in [0.1, 0.15) is 12.4 Å². The number of rotatable bonds is 7. The molecule has 3 aromatic rings. The van der Waals surface area contributed by atoms with Gasteiger partial charge in [0.2, 0.25) is 0 Å². The van der Waals surface area contributed by atoms with Gasteiger partial charge >= 0.3 is 13.2 Å². The monoisotopic (exact) mass is 529 g/mol. The van der Waals surface area contributed by atoms with Gasteiger partial charge in [0.25, 0.3) is 0 Å². The quantitative estimate of drug-likeness (QED) is 0.375. The van der Waals surface area contributed by atoms with E-state index in [1.807, 2.05) is 52.0 Å². The average molecular weight is 529 g/mol. The molecule has 3 aromatic carbocycles. The Morgan fingerprint density at radius 3 is 2.18 bits per heavy atom. The van der Waals surface area contributed by atoms with E-state index < -0.39 is 30.2 Å². The zero-order chi connectivity index (χ0) is 27.8. The van der Waals surface area contributed by atoms with E-state index in [-0.39, 0.29) is 25.7 Å². The second-order valence-electron chi connectivity index (χ2n) is 11.0. The van der Waals surface area contributed by atoms with E-state index in [0.717, 1.165) is 22.3 Å². The Morgan fingerprint density at radius 1 is 1.00 bits per heavy atom. The Labute approximate surface area is 228 Å². The minimum Gasteiger partial charge on any atom is -0.449 e. The molecule has 202 valence electrons. The molecular weight excluding hydrogens is 496 g/mol. The molecule has 0 unspecified atom stereocenters. The topological polar surface area (TPSA) is 77.0 Å². The first-order valence-electron chi connectivity index (χ1n) is 13.1. The van der Waals surface area contributed by atoms with Gasteiger partial charge < -0.3 is 24.5 Å². The van der Waals surface area contributed by atoms with E-state index in [0.29, 0.717) is 16.6 Å². The zero-order valence-corrected chi connectivity index (χ0v) is 22.7. The third-order valence-electron chi connectivity index (χ3n) is 7.85. The van der Waals surface area contributed by atoms with Gasteiger partial charge in [-0.1, -0.05) is 54.6 Å². The lowest BCUT2D eigenvalue weighted by Crippen LogP contribution is -2.41. The van der Waals surface area contributed by atoms with Gasteiger partial charge in [-0.2, -0.15) is 0 Å². The number of nitrogens with one attached hydrogen (secondary N) is 1. The number of halogens is 1. The molecule has 5 rings (SSSR count). The molecule has 0 bridgehead atoms. The summed E-state index contributed by atoms with van der Waals surface area (Å²) in [5.41, 5.74) is 4.95. The summed E-state index contributed by atoms with van der Waals surface area (Å²) >= 11 is 0. The van der Waals surface area contributed by atoms with E-state index in [4.69, 9.17) is 14.0 Å². The van der Waals surface area contributed by atoms with E-state index >= 15 is 0 Å². The van der Waals surface area contributed by atoms with Crippen LogP contribution in [0.2, 0.25) is 0 Å². The number of fused-ring (bicyclic) bond motifs is 3. The summed E-state index contributed by atoms with van der Waals surface area (Å²) in [6.45, 7) is 7.73. The van der Waals surface area contributed by atoms with Crippen molar-refractivity contribution < 1.29 is 28.3 Å². The van der Waals surface area contributed by atoms with E-state index in [2.05, 4.69) is 29.6 Å². The summed E-state index contributed by atoms with van der Waals surface area (Å²) in [5, 5.41) is 12.3. The summed E-state index contributed by atoms with van der Waals surface area (Å²) in [4.78, 5) is 12.9. The SMILES string of the molecule is CC1(C)OB(C(=Cc2cc(F)cc(CO)c2)CNC(=O)OCC2c3ccccc3-c3ccccc32)OC1(C)C. The Bertz CT molecular complexity index is 1360.